The highest BCUT2D eigenvalue weighted by atomic mass is 32.2. The minimum Gasteiger partial charge on any atom is -0.497 e. The number of ether oxygens (including phenoxy) is 1. The number of methoxy groups -OCH3 is 1. The Balaban J connectivity index is 1.42. The topological polar surface area (TPSA) is 81.5 Å². The number of nitrogens with zero attached hydrogens (tertiary/aromatic N) is 3. The van der Waals surface area contributed by atoms with Crippen LogP contribution in [0.4, 0.5) is 0 Å². The van der Waals surface area contributed by atoms with Crippen molar-refractivity contribution >= 4 is 38.7 Å². The highest BCUT2D eigenvalue weighted by molar-refractivity contribution is 7.99. The Morgan fingerprint density at radius 3 is 2.44 bits per heavy atom. The van der Waals surface area contributed by atoms with Crippen LogP contribution in [-0.2, 0) is 10.0 Å². The van der Waals surface area contributed by atoms with Gasteiger partial charge in [0.15, 0.2) is 5.16 Å². The second-order valence-electron chi connectivity index (χ2n) is 7.14. The van der Waals surface area contributed by atoms with Crippen LogP contribution in [0.1, 0.15) is 10.4 Å². The highest BCUT2D eigenvalue weighted by Gasteiger charge is 2.40. The zero-order chi connectivity index (χ0) is 22.3. The van der Waals surface area contributed by atoms with Gasteiger partial charge < -0.3 is 4.74 Å². The largest absolute Gasteiger partial charge is 0.497 e. The number of hydrogen-bond donors (Lipinski definition) is 0. The van der Waals surface area contributed by atoms with E-state index in [1.165, 1.54) is 17.8 Å². The van der Waals surface area contributed by atoms with Crippen molar-refractivity contribution in [2.45, 2.75) is 10.1 Å². The van der Waals surface area contributed by atoms with Gasteiger partial charge >= 0.3 is 0 Å². The van der Waals surface area contributed by atoms with Crippen LogP contribution in [0, 0.1) is 0 Å². The van der Waals surface area contributed by atoms with E-state index < -0.39 is 15.9 Å². The van der Waals surface area contributed by atoms with Crippen LogP contribution in [0.5, 0.6) is 5.75 Å². The lowest BCUT2D eigenvalue weighted by Gasteiger charge is -2.15. The molecule has 5 rings (SSSR count). The maximum Gasteiger partial charge on any atom is 0.269 e. The van der Waals surface area contributed by atoms with Gasteiger partial charge in [-0.05, 0) is 48.5 Å². The van der Waals surface area contributed by atoms with Gasteiger partial charge in [-0.2, -0.15) is 0 Å². The van der Waals surface area contributed by atoms with Crippen LogP contribution in [-0.4, -0.2) is 47.6 Å². The lowest BCUT2D eigenvalue weighted by Crippen LogP contribution is -2.32. The molecule has 1 aliphatic rings. The summed E-state index contributed by atoms with van der Waals surface area (Å²) in [4.78, 5) is 17.5. The second kappa shape index (κ2) is 7.99. The van der Waals surface area contributed by atoms with Crippen molar-refractivity contribution in [3.8, 4) is 11.4 Å². The third-order valence-corrected chi connectivity index (χ3v) is 8.06. The van der Waals surface area contributed by atoms with Gasteiger partial charge in [-0.3, -0.25) is 9.36 Å². The Morgan fingerprint density at radius 2 is 1.69 bits per heavy atom. The SMILES string of the molecule is COc1ccc(-n2c(SCCN3C(=O)c4ccccc4S3(=O)=O)nc3ccccc32)cc1. The van der Waals surface area contributed by atoms with Crippen LogP contribution in [0.2, 0.25) is 0 Å². The molecule has 0 unspecified atom stereocenters. The number of aromatic nitrogens is 2. The van der Waals surface area contributed by atoms with E-state index in [0.717, 1.165) is 31.9 Å². The van der Waals surface area contributed by atoms with E-state index in [2.05, 4.69) is 0 Å². The maximum atomic E-state index is 12.8. The van der Waals surface area contributed by atoms with Crippen molar-refractivity contribution in [2.75, 3.05) is 19.4 Å². The molecule has 1 aliphatic heterocycles. The summed E-state index contributed by atoms with van der Waals surface area (Å²) in [5.74, 6) is 0.646. The summed E-state index contributed by atoms with van der Waals surface area (Å²) in [7, 11) is -2.20. The smallest absolute Gasteiger partial charge is 0.269 e. The minimum atomic E-state index is -3.82. The van der Waals surface area contributed by atoms with E-state index in [1.807, 2.05) is 53.1 Å². The van der Waals surface area contributed by atoms with Crippen molar-refractivity contribution in [1.82, 2.24) is 13.9 Å². The summed E-state index contributed by atoms with van der Waals surface area (Å²) < 4.78 is 33.8. The fraction of sp³-hybridized carbons (Fsp3) is 0.130. The van der Waals surface area contributed by atoms with Crippen molar-refractivity contribution in [3.05, 3.63) is 78.4 Å². The molecule has 4 aromatic rings. The molecule has 1 aromatic heterocycles. The van der Waals surface area contributed by atoms with Crippen molar-refractivity contribution in [3.63, 3.8) is 0 Å². The van der Waals surface area contributed by atoms with Gasteiger partial charge in [-0.25, -0.2) is 17.7 Å². The number of fused-ring (bicyclic) bond motifs is 2. The molecule has 0 atom stereocenters. The summed E-state index contributed by atoms with van der Waals surface area (Å²) in [5, 5.41) is 0.720. The first kappa shape index (κ1) is 20.6. The standard InChI is InChI=1S/C23H19N3O4S2/c1-30-17-12-10-16(11-13-17)26-20-8-4-3-7-19(20)24-23(26)31-15-14-25-22(27)18-6-2-5-9-21(18)32(25,28)29/h2-13H,14-15H2,1H3. The van der Waals surface area contributed by atoms with Gasteiger partial charge in [0.1, 0.15) is 10.6 Å². The number of rotatable bonds is 6. The fourth-order valence-corrected chi connectivity index (χ4v) is 6.39. The van der Waals surface area contributed by atoms with Crippen LogP contribution in [0.25, 0.3) is 16.7 Å². The molecule has 2 heterocycles. The summed E-state index contributed by atoms with van der Waals surface area (Å²) in [6, 6.07) is 21.8. The number of para-hydroxylation sites is 2. The number of sulfonamides is 1. The monoisotopic (exact) mass is 465 g/mol. The molecule has 0 radical (unpaired) electrons. The van der Waals surface area contributed by atoms with Crippen molar-refractivity contribution in [2.24, 2.45) is 0 Å². The zero-order valence-corrected chi connectivity index (χ0v) is 18.8. The third kappa shape index (κ3) is 3.34. The van der Waals surface area contributed by atoms with Crippen molar-refractivity contribution in [1.29, 1.82) is 0 Å². The lowest BCUT2D eigenvalue weighted by atomic mass is 10.2. The normalized spacial score (nSPS) is 14.7. The van der Waals surface area contributed by atoms with Crippen LogP contribution in [0.3, 0.4) is 0 Å². The number of imidazole rings is 1. The Bertz CT molecular complexity index is 1430. The third-order valence-electron chi connectivity index (χ3n) is 5.30. The molecule has 0 saturated carbocycles. The average molecular weight is 466 g/mol. The van der Waals surface area contributed by atoms with Gasteiger partial charge in [0.05, 0.1) is 23.7 Å². The molecular formula is C23H19N3O4S2. The van der Waals surface area contributed by atoms with E-state index in [4.69, 9.17) is 9.72 Å². The number of carbonyl (C=O) groups excluding carboxylic acids is 1. The first-order chi connectivity index (χ1) is 15.5. The molecule has 1 amide bonds. The molecule has 0 spiro atoms. The second-order valence-corrected chi connectivity index (χ2v) is 10.0. The Hall–Kier alpha value is -3.30. The van der Waals surface area contributed by atoms with Gasteiger partial charge in [-0.1, -0.05) is 36.0 Å². The Morgan fingerprint density at radius 1 is 0.969 bits per heavy atom. The first-order valence-corrected chi connectivity index (χ1v) is 12.3. The molecule has 9 heteroatoms. The zero-order valence-electron chi connectivity index (χ0n) is 17.1. The molecule has 3 aromatic carbocycles. The van der Waals surface area contributed by atoms with E-state index in [0.29, 0.717) is 5.75 Å². The summed E-state index contributed by atoms with van der Waals surface area (Å²) >= 11 is 1.41. The Labute approximate surface area is 189 Å². The molecule has 162 valence electrons. The van der Waals surface area contributed by atoms with Gasteiger partial charge in [0.2, 0.25) is 0 Å². The van der Waals surface area contributed by atoms with E-state index in [1.54, 1.807) is 25.3 Å². The first-order valence-electron chi connectivity index (χ1n) is 9.91. The lowest BCUT2D eigenvalue weighted by molar-refractivity contribution is 0.0876. The summed E-state index contributed by atoms with van der Waals surface area (Å²) in [6.07, 6.45) is 0. The van der Waals surface area contributed by atoms with Gasteiger partial charge in [-0.15, -0.1) is 0 Å². The van der Waals surface area contributed by atoms with E-state index in [9.17, 15) is 13.2 Å². The van der Waals surface area contributed by atoms with Crippen LogP contribution >= 0.6 is 11.8 Å². The summed E-state index contributed by atoms with van der Waals surface area (Å²) in [5.41, 5.74) is 2.92. The average Bonchev–Trinajstić information content (AvgIpc) is 3.27. The van der Waals surface area contributed by atoms with Crippen molar-refractivity contribution < 1.29 is 17.9 Å². The van der Waals surface area contributed by atoms with Crippen LogP contribution in [0.15, 0.2) is 82.8 Å². The number of thioether (sulfide) groups is 1. The highest BCUT2D eigenvalue weighted by Crippen LogP contribution is 2.32. The van der Waals surface area contributed by atoms with E-state index >= 15 is 0 Å². The predicted molar refractivity (Wildman–Crippen MR) is 123 cm³/mol. The fourth-order valence-electron chi connectivity index (χ4n) is 3.75. The van der Waals surface area contributed by atoms with Gasteiger partial charge in [0, 0.05) is 18.0 Å². The molecule has 0 bridgehead atoms. The summed E-state index contributed by atoms with van der Waals surface area (Å²) in [6.45, 7) is 0.0618. The Kier molecular flexibility index (Phi) is 5.15. The quantitative estimate of drug-likeness (QED) is 0.401. The van der Waals surface area contributed by atoms with Crippen LogP contribution < -0.4 is 4.74 Å². The maximum absolute atomic E-state index is 12.8. The van der Waals surface area contributed by atoms with E-state index in [-0.39, 0.29) is 17.0 Å². The number of amides is 1. The molecule has 32 heavy (non-hydrogen) atoms. The molecule has 0 saturated heterocycles. The molecular weight excluding hydrogens is 446 g/mol. The minimum absolute atomic E-state index is 0.0618. The number of carbonyl (C=O) groups is 1. The predicted octanol–water partition coefficient (Wildman–Crippen LogP) is 3.97. The molecule has 7 nitrogen and oxygen atoms in total. The molecule has 0 aliphatic carbocycles. The molecule has 0 fully saturated rings. The number of benzene rings is 3. The number of hydrogen-bond acceptors (Lipinski definition) is 6. The molecule has 0 N–H and O–H groups in total. The van der Waals surface area contributed by atoms with Gasteiger partial charge in [0.25, 0.3) is 15.9 Å².